The van der Waals surface area contributed by atoms with Gasteiger partial charge in [-0.2, -0.15) is 0 Å². The Balaban J connectivity index is 2.01. The maximum absolute atomic E-state index is 13.7. The van der Waals surface area contributed by atoms with Gasteiger partial charge in [-0.05, 0) is 30.9 Å². The number of hydrogen-bond acceptors (Lipinski definition) is 3. The van der Waals surface area contributed by atoms with Crippen LogP contribution in [0.4, 0.5) is 4.39 Å². The minimum Gasteiger partial charge on any atom is -0.469 e. The van der Waals surface area contributed by atoms with Gasteiger partial charge in [-0.25, -0.2) is 4.39 Å². The van der Waals surface area contributed by atoms with Crippen molar-refractivity contribution >= 4 is 11.9 Å². The number of halogens is 1. The Labute approximate surface area is 142 Å². The van der Waals surface area contributed by atoms with Gasteiger partial charge in [-0.3, -0.25) is 9.79 Å². The molecule has 1 aliphatic heterocycles. The van der Waals surface area contributed by atoms with Gasteiger partial charge in [-0.15, -0.1) is 0 Å². The number of benzene rings is 1. The summed E-state index contributed by atoms with van der Waals surface area (Å²) in [7, 11) is 1.42. The monoisotopic (exact) mass is 335 g/mol. The fourth-order valence-corrected chi connectivity index (χ4v) is 3.01. The molecule has 1 saturated heterocycles. The fraction of sp³-hybridized carbons (Fsp3) is 0.556. The van der Waals surface area contributed by atoms with E-state index in [1.165, 1.54) is 13.2 Å². The van der Waals surface area contributed by atoms with E-state index in [0.717, 1.165) is 19.0 Å². The van der Waals surface area contributed by atoms with Crippen molar-refractivity contribution in [3.8, 4) is 0 Å². The molecule has 1 aromatic rings. The second-order valence-electron chi connectivity index (χ2n) is 6.09. The van der Waals surface area contributed by atoms with Gasteiger partial charge < -0.3 is 15.0 Å². The number of esters is 1. The Kier molecular flexibility index (Phi) is 6.58. The van der Waals surface area contributed by atoms with Crippen LogP contribution >= 0.6 is 0 Å². The molecule has 0 aliphatic carbocycles. The molecule has 0 radical (unpaired) electrons. The summed E-state index contributed by atoms with van der Waals surface area (Å²) >= 11 is 0. The lowest BCUT2D eigenvalue weighted by atomic mass is 9.99. The number of aliphatic imine (C=N–C) groups is 1. The SMILES string of the molecule is CCNC(=NCCc1ccccc1F)N1CC(C)C(C(=O)OC)C1. The van der Waals surface area contributed by atoms with Crippen LogP contribution in [0.1, 0.15) is 19.4 Å². The van der Waals surface area contributed by atoms with Crippen LogP contribution in [0.3, 0.4) is 0 Å². The van der Waals surface area contributed by atoms with Gasteiger partial charge in [0.25, 0.3) is 0 Å². The molecule has 132 valence electrons. The molecule has 0 spiro atoms. The first-order valence-corrected chi connectivity index (χ1v) is 8.41. The van der Waals surface area contributed by atoms with Crippen molar-refractivity contribution in [1.29, 1.82) is 0 Å². The molecular formula is C18H26FN3O2. The number of hydrogen-bond donors (Lipinski definition) is 1. The van der Waals surface area contributed by atoms with Crippen LogP contribution in [-0.4, -0.2) is 50.1 Å². The molecule has 0 saturated carbocycles. The average molecular weight is 335 g/mol. The van der Waals surface area contributed by atoms with Crippen molar-refractivity contribution in [2.75, 3.05) is 33.3 Å². The number of methoxy groups -OCH3 is 1. The first kappa shape index (κ1) is 18.2. The van der Waals surface area contributed by atoms with Crippen LogP contribution in [0.15, 0.2) is 29.3 Å². The van der Waals surface area contributed by atoms with Gasteiger partial charge in [0.1, 0.15) is 5.82 Å². The van der Waals surface area contributed by atoms with Gasteiger partial charge in [0.15, 0.2) is 5.96 Å². The Hall–Kier alpha value is -2.11. The lowest BCUT2D eigenvalue weighted by molar-refractivity contribution is -0.145. The zero-order valence-corrected chi connectivity index (χ0v) is 14.6. The van der Waals surface area contributed by atoms with Crippen LogP contribution in [0.25, 0.3) is 0 Å². The smallest absolute Gasteiger partial charge is 0.310 e. The predicted octanol–water partition coefficient (Wildman–Crippen LogP) is 2.07. The summed E-state index contributed by atoms with van der Waals surface area (Å²) in [6, 6.07) is 6.76. The molecule has 24 heavy (non-hydrogen) atoms. The number of ether oxygens (including phenoxy) is 1. The van der Waals surface area contributed by atoms with E-state index in [-0.39, 0.29) is 23.6 Å². The molecular weight excluding hydrogens is 309 g/mol. The zero-order chi connectivity index (χ0) is 17.5. The van der Waals surface area contributed by atoms with Crippen molar-refractivity contribution < 1.29 is 13.9 Å². The molecule has 1 aliphatic rings. The van der Waals surface area contributed by atoms with Crippen molar-refractivity contribution in [2.45, 2.75) is 20.3 Å². The van der Waals surface area contributed by atoms with Crippen molar-refractivity contribution in [3.63, 3.8) is 0 Å². The van der Waals surface area contributed by atoms with Crippen LogP contribution < -0.4 is 5.32 Å². The lowest BCUT2D eigenvalue weighted by Gasteiger charge is -2.21. The molecule has 2 rings (SSSR count). The topological polar surface area (TPSA) is 53.9 Å². The van der Waals surface area contributed by atoms with Crippen LogP contribution in [0.2, 0.25) is 0 Å². The van der Waals surface area contributed by atoms with E-state index in [9.17, 15) is 9.18 Å². The van der Waals surface area contributed by atoms with E-state index < -0.39 is 0 Å². The summed E-state index contributed by atoms with van der Waals surface area (Å²) in [6.45, 7) is 6.64. The first-order chi connectivity index (χ1) is 11.6. The van der Waals surface area contributed by atoms with E-state index in [0.29, 0.717) is 25.1 Å². The number of carbonyl (C=O) groups excluding carboxylic acids is 1. The summed E-state index contributed by atoms with van der Waals surface area (Å²) in [5.41, 5.74) is 0.666. The van der Waals surface area contributed by atoms with Gasteiger partial charge in [0.2, 0.25) is 0 Å². The summed E-state index contributed by atoms with van der Waals surface area (Å²) in [6.07, 6.45) is 0.547. The minimum atomic E-state index is -0.196. The molecule has 2 unspecified atom stereocenters. The maximum atomic E-state index is 13.7. The van der Waals surface area contributed by atoms with Gasteiger partial charge in [0, 0.05) is 26.2 Å². The van der Waals surface area contributed by atoms with E-state index in [4.69, 9.17) is 4.74 Å². The second-order valence-corrected chi connectivity index (χ2v) is 6.09. The van der Waals surface area contributed by atoms with Crippen LogP contribution in [-0.2, 0) is 16.0 Å². The number of nitrogens with one attached hydrogen (secondary N) is 1. The van der Waals surface area contributed by atoms with Crippen molar-refractivity contribution in [1.82, 2.24) is 10.2 Å². The number of nitrogens with zero attached hydrogens (tertiary/aromatic N) is 2. The maximum Gasteiger partial charge on any atom is 0.310 e. The third-order valence-electron chi connectivity index (χ3n) is 4.35. The van der Waals surface area contributed by atoms with E-state index >= 15 is 0 Å². The van der Waals surface area contributed by atoms with Crippen molar-refractivity contribution in [3.05, 3.63) is 35.6 Å². The van der Waals surface area contributed by atoms with Crippen LogP contribution in [0, 0.1) is 17.7 Å². The molecule has 0 aromatic heterocycles. The largest absolute Gasteiger partial charge is 0.469 e. The van der Waals surface area contributed by atoms with Gasteiger partial charge >= 0.3 is 5.97 Å². The van der Waals surface area contributed by atoms with Gasteiger partial charge in [0.05, 0.1) is 13.0 Å². The molecule has 0 amide bonds. The van der Waals surface area contributed by atoms with E-state index in [2.05, 4.69) is 15.2 Å². The van der Waals surface area contributed by atoms with Gasteiger partial charge in [-0.1, -0.05) is 25.1 Å². The molecule has 1 N–H and O–H groups in total. The first-order valence-electron chi connectivity index (χ1n) is 8.41. The summed E-state index contributed by atoms with van der Waals surface area (Å²) < 4.78 is 18.5. The van der Waals surface area contributed by atoms with Crippen LogP contribution in [0.5, 0.6) is 0 Å². The fourth-order valence-electron chi connectivity index (χ4n) is 3.01. The summed E-state index contributed by atoms with van der Waals surface area (Å²) in [4.78, 5) is 18.5. The predicted molar refractivity (Wildman–Crippen MR) is 92.3 cm³/mol. The second kappa shape index (κ2) is 8.66. The normalized spacial score (nSPS) is 21.0. The van der Waals surface area contributed by atoms with Crippen molar-refractivity contribution in [2.24, 2.45) is 16.8 Å². The third kappa shape index (κ3) is 4.46. The highest BCUT2D eigenvalue weighted by Gasteiger charge is 2.36. The summed E-state index contributed by atoms with van der Waals surface area (Å²) in [5.74, 6) is 0.482. The minimum absolute atomic E-state index is 0.134. The molecule has 0 bridgehead atoms. The molecule has 2 atom stereocenters. The number of rotatable bonds is 5. The summed E-state index contributed by atoms with van der Waals surface area (Å²) in [5, 5.41) is 3.25. The quantitative estimate of drug-likeness (QED) is 0.508. The highest BCUT2D eigenvalue weighted by atomic mass is 19.1. The Morgan fingerprint density at radius 3 is 2.83 bits per heavy atom. The molecule has 1 aromatic carbocycles. The third-order valence-corrected chi connectivity index (χ3v) is 4.35. The molecule has 6 heteroatoms. The number of likely N-dealkylation sites (tertiary alicyclic amines) is 1. The average Bonchev–Trinajstić information content (AvgIpc) is 2.96. The standard InChI is InChI=1S/C18H26FN3O2/c1-4-20-18(21-10-9-14-7-5-6-8-16(14)19)22-11-13(2)15(12-22)17(23)24-3/h5-8,13,15H,4,9-12H2,1-3H3,(H,20,21). The zero-order valence-electron chi connectivity index (χ0n) is 14.6. The molecule has 1 fully saturated rings. The van der Waals surface area contributed by atoms with E-state index in [1.807, 2.05) is 19.9 Å². The highest BCUT2D eigenvalue weighted by molar-refractivity contribution is 5.82. The Morgan fingerprint density at radius 2 is 2.17 bits per heavy atom. The lowest BCUT2D eigenvalue weighted by Crippen LogP contribution is -2.40. The number of carbonyl (C=O) groups is 1. The Bertz CT molecular complexity index is 591. The Morgan fingerprint density at radius 1 is 1.42 bits per heavy atom. The highest BCUT2D eigenvalue weighted by Crippen LogP contribution is 2.24. The molecule has 5 nitrogen and oxygen atoms in total. The number of guanidine groups is 1. The molecule has 1 heterocycles. The van der Waals surface area contributed by atoms with E-state index in [1.54, 1.807) is 12.1 Å².